The van der Waals surface area contributed by atoms with Crippen LogP contribution in [-0.2, 0) is 4.79 Å². The van der Waals surface area contributed by atoms with Crippen LogP contribution in [0.1, 0.15) is 5.56 Å². The number of rotatable bonds is 4. The highest BCUT2D eigenvalue weighted by molar-refractivity contribution is 6.31. The van der Waals surface area contributed by atoms with Gasteiger partial charge >= 0.3 is 0 Å². The largest absolute Gasteiger partial charge is 0.316 e. The van der Waals surface area contributed by atoms with Crippen molar-refractivity contribution in [2.75, 3.05) is 5.32 Å². The molecule has 0 fully saturated rings. The minimum Gasteiger partial charge on any atom is -0.316 e. The molecule has 2 rings (SSSR count). The number of carbonyl (C=O) groups is 1. The van der Waals surface area contributed by atoms with Crippen LogP contribution in [0, 0.1) is 21.4 Å². The lowest BCUT2D eigenvalue weighted by Gasteiger charge is -2.05. The molecule has 114 valence electrons. The summed E-state index contributed by atoms with van der Waals surface area (Å²) < 4.78 is 0. The van der Waals surface area contributed by atoms with Crippen molar-refractivity contribution in [3.05, 3.63) is 74.8 Å². The first-order chi connectivity index (χ1) is 11.0. The van der Waals surface area contributed by atoms with Gasteiger partial charge in [-0.15, -0.1) is 0 Å². The first-order valence-corrected chi connectivity index (χ1v) is 6.81. The predicted octanol–water partition coefficient (Wildman–Crippen LogP) is 3.79. The summed E-state index contributed by atoms with van der Waals surface area (Å²) in [6.45, 7) is 0. The zero-order valence-electron chi connectivity index (χ0n) is 11.7. The van der Waals surface area contributed by atoms with Crippen LogP contribution in [0.25, 0.3) is 6.08 Å². The Hall–Kier alpha value is -3.17. The molecular weight excluding hydrogens is 318 g/mol. The van der Waals surface area contributed by atoms with Crippen molar-refractivity contribution in [2.24, 2.45) is 0 Å². The molecule has 1 N–H and O–H groups in total. The molecule has 7 heteroatoms. The van der Waals surface area contributed by atoms with Gasteiger partial charge < -0.3 is 5.32 Å². The molecule has 0 aliphatic heterocycles. The summed E-state index contributed by atoms with van der Waals surface area (Å²) in [5, 5.41) is 22.7. The van der Waals surface area contributed by atoms with Gasteiger partial charge in [0.25, 0.3) is 11.6 Å². The second-order valence-electron chi connectivity index (χ2n) is 4.45. The van der Waals surface area contributed by atoms with E-state index in [9.17, 15) is 14.9 Å². The number of nitro benzene ring substituents is 1. The smallest absolute Gasteiger partial charge is 0.294 e. The van der Waals surface area contributed by atoms with E-state index in [0.717, 1.165) is 6.07 Å². The Kier molecular flexibility index (Phi) is 5.07. The summed E-state index contributed by atoms with van der Waals surface area (Å²) in [4.78, 5) is 22.5. The minimum absolute atomic E-state index is 0.0291. The molecule has 0 unspecified atom stereocenters. The van der Waals surface area contributed by atoms with E-state index in [0.29, 0.717) is 5.56 Å². The molecule has 0 bridgehead atoms. The van der Waals surface area contributed by atoms with Gasteiger partial charge in [0.15, 0.2) is 0 Å². The second kappa shape index (κ2) is 7.20. The quantitative estimate of drug-likeness (QED) is 0.400. The van der Waals surface area contributed by atoms with E-state index in [4.69, 9.17) is 16.9 Å². The van der Waals surface area contributed by atoms with E-state index in [1.165, 1.54) is 18.2 Å². The van der Waals surface area contributed by atoms with Crippen LogP contribution in [0.2, 0.25) is 5.02 Å². The highest BCUT2D eigenvalue weighted by Crippen LogP contribution is 2.28. The van der Waals surface area contributed by atoms with Crippen LogP contribution in [-0.4, -0.2) is 10.8 Å². The fraction of sp³-hybridized carbons (Fsp3) is 0. The van der Waals surface area contributed by atoms with Crippen LogP contribution in [0.3, 0.4) is 0 Å². The molecule has 0 saturated carbocycles. The molecule has 0 saturated heterocycles. The predicted molar refractivity (Wildman–Crippen MR) is 86.8 cm³/mol. The molecule has 0 atom stereocenters. The SMILES string of the molecule is N#C/C(=C\c1ccccc1)C(=O)Nc1ccc(Cl)cc1[N+](=O)[O-]. The van der Waals surface area contributed by atoms with Crippen LogP contribution in [0.15, 0.2) is 54.1 Å². The monoisotopic (exact) mass is 327 g/mol. The average molecular weight is 328 g/mol. The Morgan fingerprint density at radius 2 is 1.96 bits per heavy atom. The Balaban J connectivity index is 2.30. The van der Waals surface area contributed by atoms with Gasteiger partial charge in [-0.3, -0.25) is 14.9 Å². The maximum Gasteiger partial charge on any atom is 0.294 e. The topological polar surface area (TPSA) is 96.0 Å². The van der Waals surface area contributed by atoms with Crippen molar-refractivity contribution in [3.8, 4) is 6.07 Å². The number of nitrogens with one attached hydrogen (secondary N) is 1. The Morgan fingerprint density at radius 1 is 1.26 bits per heavy atom. The lowest BCUT2D eigenvalue weighted by Crippen LogP contribution is -2.14. The van der Waals surface area contributed by atoms with Gasteiger partial charge in [0.1, 0.15) is 17.3 Å². The molecule has 0 aromatic heterocycles. The first kappa shape index (κ1) is 16.2. The first-order valence-electron chi connectivity index (χ1n) is 6.43. The van der Waals surface area contributed by atoms with Crippen molar-refractivity contribution < 1.29 is 9.72 Å². The van der Waals surface area contributed by atoms with Gasteiger partial charge in [-0.25, -0.2) is 0 Å². The van der Waals surface area contributed by atoms with Crippen LogP contribution < -0.4 is 5.32 Å². The van der Waals surface area contributed by atoms with E-state index < -0.39 is 10.8 Å². The molecule has 0 aliphatic rings. The summed E-state index contributed by atoms with van der Waals surface area (Å²) in [5.41, 5.74) is 0.131. The third kappa shape index (κ3) is 4.15. The fourth-order valence-electron chi connectivity index (χ4n) is 1.82. The molecule has 0 spiro atoms. The second-order valence-corrected chi connectivity index (χ2v) is 4.89. The summed E-state index contributed by atoms with van der Waals surface area (Å²) in [5.74, 6) is -0.734. The van der Waals surface area contributed by atoms with E-state index in [1.807, 2.05) is 0 Å². The summed E-state index contributed by atoms with van der Waals surface area (Å²) in [6, 6.07) is 14.4. The van der Waals surface area contributed by atoms with Crippen molar-refractivity contribution >= 4 is 35.0 Å². The number of nitro groups is 1. The Bertz CT molecular complexity index is 826. The number of hydrogen-bond acceptors (Lipinski definition) is 4. The molecule has 2 aromatic rings. The van der Waals surface area contributed by atoms with Crippen molar-refractivity contribution in [3.63, 3.8) is 0 Å². The summed E-state index contributed by atoms with van der Waals surface area (Å²) >= 11 is 5.71. The van der Waals surface area contributed by atoms with Gasteiger partial charge in [-0.2, -0.15) is 5.26 Å². The molecular formula is C16H10ClN3O3. The summed E-state index contributed by atoms with van der Waals surface area (Å²) in [6.07, 6.45) is 1.40. The van der Waals surface area contributed by atoms with Crippen LogP contribution in [0.5, 0.6) is 0 Å². The number of nitrogens with zero attached hydrogens (tertiary/aromatic N) is 2. The third-order valence-electron chi connectivity index (χ3n) is 2.88. The van der Waals surface area contributed by atoms with Crippen molar-refractivity contribution in [2.45, 2.75) is 0 Å². The van der Waals surface area contributed by atoms with Crippen molar-refractivity contribution in [1.29, 1.82) is 5.26 Å². The highest BCUT2D eigenvalue weighted by Gasteiger charge is 2.18. The number of benzene rings is 2. The van der Waals surface area contributed by atoms with Gasteiger partial charge in [0.2, 0.25) is 0 Å². The van der Waals surface area contributed by atoms with Gasteiger partial charge in [0, 0.05) is 11.1 Å². The van der Waals surface area contributed by atoms with Crippen molar-refractivity contribution in [1.82, 2.24) is 0 Å². The van der Waals surface area contributed by atoms with Crippen LogP contribution >= 0.6 is 11.6 Å². The molecule has 6 nitrogen and oxygen atoms in total. The van der Waals surface area contributed by atoms with Crippen LogP contribution in [0.4, 0.5) is 11.4 Å². The van der Waals surface area contributed by atoms with E-state index >= 15 is 0 Å². The van der Waals surface area contributed by atoms with Gasteiger partial charge in [-0.05, 0) is 23.8 Å². The minimum atomic E-state index is -0.734. The number of amides is 1. The zero-order chi connectivity index (χ0) is 16.8. The van der Waals surface area contributed by atoms with Gasteiger partial charge in [-0.1, -0.05) is 41.9 Å². The summed E-state index contributed by atoms with van der Waals surface area (Å²) in [7, 11) is 0. The highest BCUT2D eigenvalue weighted by atomic mass is 35.5. The zero-order valence-corrected chi connectivity index (χ0v) is 12.4. The van der Waals surface area contributed by atoms with E-state index in [1.54, 1.807) is 36.4 Å². The average Bonchev–Trinajstić information content (AvgIpc) is 2.55. The number of nitriles is 1. The third-order valence-corrected chi connectivity index (χ3v) is 3.12. The normalized spacial score (nSPS) is 10.7. The molecule has 23 heavy (non-hydrogen) atoms. The molecule has 0 aliphatic carbocycles. The van der Waals surface area contributed by atoms with E-state index in [-0.39, 0.29) is 22.0 Å². The Morgan fingerprint density at radius 3 is 2.57 bits per heavy atom. The number of anilines is 1. The standard InChI is InChI=1S/C16H10ClN3O3/c17-13-6-7-14(15(9-13)20(22)23)19-16(21)12(10-18)8-11-4-2-1-3-5-11/h1-9H,(H,19,21)/b12-8+. The molecule has 0 radical (unpaired) electrons. The molecule has 0 heterocycles. The number of hydrogen-bond donors (Lipinski definition) is 1. The number of halogens is 1. The fourth-order valence-corrected chi connectivity index (χ4v) is 1.98. The number of carbonyl (C=O) groups excluding carboxylic acids is 1. The Labute approximate surface area is 136 Å². The molecule has 2 aromatic carbocycles. The lowest BCUT2D eigenvalue weighted by atomic mass is 10.1. The maximum absolute atomic E-state index is 12.2. The lowest BCUT2D eigenvalue weighted by molar-refractivity contribution is -0.383. The van der Waals surface area contributed by atoms with Gasteiger partial charge in [0.05, 0.1) is 4.92 Å². The molecule has 1 amide bonds. The van der Waals surface area contributed by atoms with E-state index in [2.05, 4.69) is 5.32 Å². The maximum atomic E-state index is 12.2.